The molecule has 2 rings (SSSR count). The van der Waals surface area contributed by atoms with Crippen LogP contribution in [0.1, 0.15) is 44.0 Å². The van der Waals surface area contributed by atoms with Gasteiger partial charge in [-0.05, 0) is 19.8 Å². The Bertz CT molecular complexity index is 432. The van der Waals surface area contributed by atoms with E-state index in [1.54, 1.807) is 0 Å². The van der Waals surface area contributed by atoms with E-state index >= 15 is 0 Å². The Labute approximate surface area is 120 Å². The largest absolute Gasteiger partial charge is 0.376 e. The number of hydrazine groups is 1. The number of rotatable bonds is 7. The van der Waals surface area contributed by atoms with Gasteiger partial charge in [-0.1, -0.05) is 19.8 Å². The highest BCUT2D eigenvalue weighted by atomic mass is 16.5. The molecule has 20 heavy (non-hydrogen) atoms. The van der Waals surface area contributed by atoms with Gasteiger partial charge >= 0.3 is 0 Å². The number of nitrogens with zero attached hydrogens (tertiary/aromatic N) is 2. The lowest BCUT2D eigenvalue weighted by Gasteiger charge is -2.15. The SMILES string of the molecule is CCc1nc(NN)c(C)c(NCCOC2CCCC2)n1. The monoisotopic (exact) mass is 279 g/mol. The summed E-state index contributed by atoms with van der Waals surface area (Å²) in [6.45, 7) is 5.44. The minimum atomic E-state index is 0.454. The fourth-order valence-corrected chi connectivity index (χ4v) is 2.48. The number of aromatic nitrogens is 2. The average molecular weight is 279 g/mol. The molecule has 1 aliphatic carbocycles. The van der Waals surface area contributed by atoms with E-state index in [9.17, 15) is 0 Å². The molecule has 1 aromatic rings. The van der Waals surface area contributed by atoms with Crippen LogP contribution in [-0.2, 0) is 11.2 Å². The van der Waals surface area contributed by atoms with Crippen LogP contribution in [0.4, 0.5) is 11.6 Å². The molecular weight excluding hydrogens is 254 g/mol. The third-order valence-corrected chi connectivity index (χ3v) is 3.70. The van der Waals surface area contributed by atoms with E-state index in [0.29, 0.717) is 18.5 Å². The number of ether oxygens (including phenoxy) is 1. The molecular formula is C14H25N5O. The number of hydrogen-bond acceptors (Lipinski definition) is 6. The highest BCUT2D eigenvalue weighted by molar-refractivity contribution is 5.56. The number of hydrogen-bond donors (Lipinski definition) is 3. The van der Waals surface area contributed by atoms with Crippen LogP contribution in [0.25, 0.3) is 0 Å². The zero-order valence-electron chi connectivity index (χ0n) is 12.4. The van der Waals surface area contributed by atoms with Crippen molar-refractivity contribution < 1.29 is 4.74 Å². The minimum Gasteiger partial charge on any atom is -0.376 e. The summed E-state index contributed by atoms with van der Waals surface area (Å²) < 4.78 is 5.83. The quantitative estimate of drug-likeness (QED) is 0.402. The van der Waals surface area contributed by atoms with Gasteiger partial charge in [0.1, 0.15) is 17.5 Å². The van der Waals surface area contributed by atoms with E-state index < -0.39 is 0 Å². The van der Waals surface area contributed by atoms with E-state index in [2.05, 4.69) is 20.7 Å². The highest BCUT2D eigenvalue weighted by Gasteiger charge is 2.15. The van der Waals surface area contributed by atoms with Crippen molar-refractivity contribution >= 4 is 11.6 Å². The fourth-order valence-electron chi connectivity index (χ4n) is 2.48. The molecule has 6 heteroatoms. The van der Waals surface area contributed by atoms with Crippen LogP contribution in [0.2, 0.25) is 0 Å². The molecule has 1 saturated carbocycles. The lowest BCUT2D eigenvalue weighted by molar-refractivity contribution is 0.0658. The Hall–Kier alpha value is -1.40. The van der Waals surface area contributed by atoms with Crippen LogP contribution in [0.5, 0.6) is 0 Å². The molecule has 0 spiro atoms. The van der Waals surface area contributed by atoms with Gasteiger partial charge in [0.15, 0.2) is 0 Å². The fraction of sp³-hybridized carbons (Fsp3) is 0.714. The summed E-state index contributed by atoms with van der Waals surface area (Å²) in [7, 11) is 0. The first-order valence-electron chi connectivity index (χ1n) is 7.44. The number of nitrogens with one attached hydrogen (secondary N) is 2. The van der Waals surface area contributed by atoms with Gasteiger partial charge in [0.25, 0.3) is 0 Å². The highest BCUT2D eigenvalue weighted by Crippen LogP contribution is 2.21. The van der Waals surface area contributed by atoms with Crippen LogP contribution in [0.3, 0.4) is 0 Å². The molecule has 0 aromatic carbocycles. The molecule has 0 unspecified atom stereocenters. The van der Waals surface area contributed by atoms with Gasteiger partial charge in [0, 0.05) is 18.5 Å². The Morgan fingerprint density at radius 1 is 1.25 bits per heavy atom. The first kappa shape index (κ1) is 15.0. The van der Waals surface area contributed by atoms with Crippen molar-refractivity contribution in [2.24, 2.45) is 5.84 Å². The Morgan fingerprint density at radius 3 is 2.60 bits per heavy atom. The van der Waals surface area contributed by atoms with E-state index in [4.69, 9.17) is 10.6 Å². The summed E-state index contributed by atoms with van der Waals surface area (Å²) in [5, 5.41) is 3.31. The number of aryl methyl sites for hydroxylation is 1. The first-order valence-corrected chi connectivity index (χ1v) is 7.44. The predicted molar refractivity (Wildman–Crippen MR) is 80.7 cm³/mol. The Kier molecular flexibility index (Phi) is 5.55. The molecule has 6 nitrogen and oxygen atoms in total. The average Bonchev–Trinajstić information content (AvgIpc) is 2.98. The standard InChI is InChI=1S/C14H25N5O/c1-3-12-17-13(10(2)14(18-12)19-15)16-8-9-20-11-6-4-5-7-11/h11H,3-9,15H2,1-2H3,(H2,16,17,18,19). The predicted octanol–water partition coefficient (Wildman–Crippen LogP) is 2.00. The minimum absolute atomic E-state index is 0.454. The van der Waals surface area contributed by atoms with Gasteiger partial charge in [-0.3, -0.25) is 0 Å². The van der Waals surface area contributed by atoms with Crippen LogP contribution in [0, 0.1) is 6.92 Å². The molecule has 0 bridgehead atoms. The van der Waals surface area contributed by atoms with Crippen LogP contribution in [-0.4, -0.2) is 29.2 Å². The van der Waals surface area contributed by atoms with E-state index in [1.807, 2.05) is 13.8 Å². The summed E-state index contributed by atoms with van der Waals surface area (Å²) >= 11 is 0. The maximum absolute atomic E-state index is 5.83. The summed E-state index contributed by atoms with van der Waals surface area (Å²) in [6.07, 6.45) is 6.24. The second kappa shape index (κ2) is 7.40. The molecule has 1 aliphatic rings. The van der Waals surface area contributed by atoms with E-state index in [1.165, 1.54) is 25.7 Å². The van der Waals surface area contributed by atoms with Crippen LogP contribution >= 0.6 is 0 Å². The van der Waals surface area contributed by atoms with Gasteiger partial charge in [0.05, 0.1) is 12.7 Å². The van der Waals surface area contributed by atoms with Crippen molar-refractivity contribution in [1.29, 1.82) is 0 Å². The van der Waals surface area contributed by atoms with Gasteiger partial charge in [-0.15, -0.1) is 0 Å². The molecule has 0 atom stereocenters. The topological polar surface area (TPSA) is 85.1 Å². The van der Waals surface area contributed by atoms with Crippen LogP contribution in [0.15, 0.2) is 0 Å². The maximum atomic E-state index is 5.83. The smallest absolute Gasteiger partial charge is 0.148 e. The van der Waals surface area contributed by atoms with Crippen molar-refractivity contribution in [2.45, 2.75) is 52.1 Å². The summed E-state index contributed by atoms with van der Waals surface area (Å²) in [5.41, 5.74) is 3.56. The molecule has 1 heterocycles. The number of anilines is 2. The molecule has 112 valence electrons. The molecule has 4 N–H and O–H groups in total. The number of nitrogens with two attached hydrogens (primary N) is 1. The molecule has 1 aromatic heterocycles. The first-order chi connectivity index (χ1) is 9.74. The molecule has 0 radical (unpaired) electrons. The lowest BCUT2D eigenvalue weighted by atomic mass is 10.3. The van der Waals surface area contributed by atoms with Crippen molar-refractivity contribution in [3.8, 4) is 0 Å². The number of nitrogen functional groups attached to an aromatic ring is 1. The van der Waals surface area contributed by atoms with Crippen molar-refractivity contribution in [3.05, 3.63) is 11.4 Å². The zero-order valence-corrected chi connectivity index (χ0v) is 12.4. The lowest BCUT2D eigenvalue weighted by Crippen LogP contribution is -2.18. The van der Waals surface area contributed by atoms with Crippen molar-refractivity contribution in [3.63, 3.8) is 0 Å². The summed E-state index contributed by atoms with van der Waals surface area (Å²) in [6, 6.07) is 0. The van der Waals surface area contributed by atoms with Crippen molar-refractivity contribution in [2.75, 3.05) is 23.9 Å². The molecule has 1 fully saturated rings. The van der Waals surface area contributed by atoms with Crippen LogP contribution < -0.4 is 16.6 Å². The normalized spacial score (nSPS) is 15.6. The summed E-state index contributed by atoms with van der Waals surface area (Å²) in [4.78, 5) is 8.84. The van der Waals surface area contributed by atoms with Gasteiger partial charge in [-0.25, -0.2) is 15.8 Å². The maximum Gasteiger partial charge on any atom is 0.148 e. The van der Waals surface area contributed by atoms with E-state index in [0.717, 1.165) is 30.2 Å². The third-order valence-electron chi connectivity index (χ3n) is 3.70. The Balaban J connectivity index is 1.87. The Morgan fingerprint density at radius 2 is 1.95 bits per heavy atom. The van der Waals surface area contributed by atoms with Gasteiger partial charge < -0.3 is 15.5 Å². The van der Waals surface area contributed by atoms with Gasteiger partial charge in [-0.2, -0.15) is 0 Å². The van der Waals surface area contributed by atoms with Gasteiger partial charge in [0.2, 0.25) is 0 Å². The van der Waals surface area contributed by atoms with E-state index in [-0.39, 0.29) is 0 Å². The second-order valence-electron chi connectivity index (χ2n) is 5.16. The molecule has 0 amide bonds. The molecule has 0 aliphatic heterocycles. The summed E-state index contributed by atoms with van der Waals surface area (Å²) in [5.74, 6) is 7.78. The molecule has 0 saturated heterocycles. The second-order valence-corrected chi connectivity index (χ2v) is 5.16. The third kappa shape index (κ3) is 3.80. The zero-order chi connectivity index (χ0) is 14.4. The van der Waals surface area contributed by atoms with Crippen molar-refractivity contribution in [1.82, 2.24) is 9.97 Å².